The van der Waals surface area contributed by atoms with E-state index in [0.717, 1.165) is 11.3 Å². The van der Waals surface area contributed by atoms with E-state index in [9.17, 15) is 13.2 Å². The lowest BCUT2D eigenvalue weighted by molar-refractivity contribution is 0.507. The number of rotatable bonds is 1. The van der Waals surface area contributed by atoms with Crippen molar-refractivity contribution in [3.63, 3.8) is 0 Å². The summed E-state index contributed by atoms with van der Waals surface area (Å²) < 4.78 is 40.2. The topological polar surface area (TPSA) is 77.0 Å². The van der Waals surface area contributed by atoms with E-state index in [-0.39, 0.29) is 21.1 Å². The number of nitrogens with two attached hydrogens (primary N) is 2. The van der Waals surface area contributed by atoms with Crippen molar-refractivity contribution < 1.29 is 13.2 Å². The molecule has 0 unspecified atom stereocenters. The van der Waals surface area contributed by atoms with Crippen LogP contribution >= 0.6 is 55.4 Å². The largest absolute Gasteiger partial charge is 0.376 e. The molecule has 0 aliphatic carbocycles. The third kappa shape index (κ3) is 4.81. The van der Waals surface area contributed by atoms with Crippen LogP contribution in [0.1, 0.15) is 0 Å². The van der Waals surface area contributed by atoms with Crippen LogP contribution in [-0.2, 0) is 0 Å². The summed E-state index contributed by atoms with van der Waals surface area (Å²) in [6, 6.07) is 6.05. The monoisotopic (exact) mass is 512 g/mol. The van der Waals surface area contributed by atoms with E-state index >= 15 is 0 Å². The van der Waals surface area contributed by atoms with Crippen LogP contribution in [0, 0.1) is 17.5 Å². The Labute approximate surface area is 166 Å². The Kier molecular flexibility index (Phi) is 6.60. The van der Waals surface area contributed by atoms with Crippen LogP contribution in [-0.4, -0.2) is 10.1 Å². The minimum Gasteiger partial charge on any atom is -0.376 e. The van der Waals surface area contributed by atoms with Gasteiger partial charge in [-0.3, -0.25) is 0 Å². The Bertz CT molecular complexity index is 949. The van der Waals surface area contributed by atoms with Gasteiger partial charge >= 0.3 is 0 Å². The second kappa shape index (κ2) is 8.30. The molecule has 3 rings (SSSR count). The average Bonchev–Trinajstić information content (AvgIpc) is 2.93. The van der Waals surface area contributed by atoms with E-state index in [2.05, 4.69) is 54.4 Å². The van der Waals surface area contributed by atoms with Crippen LogP contribution in [0.3, 0.4) is 0 Å². The number of benzene rings is 2. The zero-order valence-corrected chi connectivity index (χ0v) is 16.9. The Morgan fingerprint density at radius 2 is 1.64 bits per heavy atom. The van der Waals surface area contributed by atoms with E-state index in [0.29, 0.717) is 19.8 Å². The van der Waals surface area contributed by atoms with Crippen molar-refractivity contribution in [2.75, 3.05) is 11.1 Å². The number of nitrogen functional groups attached to an aromatic ring is 1. The SMILES string of the molecule is NC(=S)Nc1ccc(Br)c(F)c1F.Nc1nc2ccc(Br)c(F)c2s1. The Hall–Kier alpha value is -1.43. The van der Waals surface area contributed by atoms with Gasteiger partial charge in [0.1, 0.15) is 0 Å². The maximum atomic E-state index is 13.3. The van der Waals surface area contributed by atoms with Crippen LogP contribution in [0.4, 0.5) is 24.0 Å². The molecule has 132 valence electrons. The van der Waals surface area contributed by atoms with E-state index < -0.39 is 11.6 Å². The number of anilines is 2. The zero-order valence-electron chi connectivity index (χ0n) is 12.1. The van der Waals surface area contributed by atoms with Gasteiger partial charge in [-0.1, -0.05) is 11.3 Å². The van der Waals surface area contributed by atoms with Gasteiger partial charge in [0, 0.05) is 0 Å². The summed E-state index contributed by atoms with van der Waals surface area (Å²) in [4.78, 5) is 3.95. The number of aromatic nitrogens is 1. The van der Waals surface area contributed by atoms with Crippen molar-refractivity contribution in [2.45, 2.75) is 0 Å². The number of hydrogen-bond acceptors (Lipinski definition) is 4. The molecule has 11 heteroatoms. The highest BCUT2D eigenvalue weighted by molar-refractivity contribution is 9.10. The first-order chi connectivity index (χ1) is 11.7. The quantitative estimate of drug-likeness (QED) is 0.309. The van der Waals surface area contributed by atoms with Gasteiger partial charge in [-0.05, 0) is 68.3 Å². The fourth-order valence-electron chi connectivity index (χ4n) is 1.71. The molecule has 25 heavy (non-hydrogen) atoms. The summed E-state index contributed by atoms with van der Waals surface area (Å²) in [6.07, 6.45) is 0. The lowest BCUT2D eigenvalue weighted by atomic mass is 10.3. The van der Waals surface area contributed by atoms with Crippen molar-refractivity contribution in [1.82, 2.24) is 4.98 Å². The first kappa shape index (κ1) is 19.9. The number of thiazole rings is 1. The number of nitrogens with one attached hydrogen (secondary N) is 1. The van der Waals surface area contributed by atoms with Crippen molar-refractivity contribution >= 4 is 81.6 Å². The third-order valence-corrected chi connectivity index (χ3v) is 4.98. The van der Waals surface area contributed by atoms with Crippen LogP contribution in [0.25, 0.3) is 10.2 Å². The Balaban J connectivity index is 0.000000181. The normalized spacial score (nSPS) is 10.3. The average molecular weight is 514 g/mol. The van der Waals surface area contributed by atoms with Crippen LogP contribution in [0.5, 0.6) is 0 Å². The van der Waals surface area contributed by atoms with E-state index in [4.69, 9.17) is 11.5 Å². The second-order valence-electron chi connectivity index (χ2n) is 4.47. The van der Waals surface area contributed by atoms with E-state index in [1.165, 1.54) is 12.1 Å². The molecular formula is C14H9Br2F3N4S2. The summed E-state index contributed by atoms with van der Waals surface area (Å²) in [5, 5.41) is 2.59. The van der Waals surface area contributed by atoms with Crippen molar-refractivity contribution in [2.24, 2.45) is 5.73 Å². The van der Waals surface area contributed by atoms with Crippen LogP contribution < -0.4 is 16.8 Å². The van der Waals surface area contributed by atoms with Crippen LogP contribution in [0.15, 0.2) is 33.2 Å². The third-order valence-electron chi connectivity index (χ3n) is 2.76. The summed E-state index contributed by atoms with van der Waals surface area (Å²) in [5.74, 6) is -2.27. The fraction of sp³-hybridized carbons (Fsp3) is 0. The number of fused-ring (bicyclic) bond motifs is 1. The highest BCUT2D eigenvalue weighted by Gasteiger charge is 2.11. The lowest BCUT2D eigenvalue weighted by Crippen LogP contribution is -2.20. The highest BCUT2D eigenvalue weighted by Crippen LogP contribution is 2.30. The van der Waals surface area contributed by atoms with Gasteiger partial charge in [-0.25, -0.2) is 18.2 Å². The molecule has 0 atom stereocenters. The molecule has 0 bridgehead atoms. The second-order valence-corrected chi connectivity index (χ2v) is 7.65. The van der Waals surface area contributed by atoms with Gasteiger partial charge in [-0.2, -0.15) is 0 Å². The van der Waals surface area contributed by atoms with Gasteiger partial charge in [0.15, 0.2) is 27.7 Å². The van der Waals surface area contributed by atoms with Gasteiger partial charge in [0.05, 0.1) is 24.8 Å². The molecule has 1 heterocycles. The molecule has 1 aromatic heterocycles. The summed E-state index contributed by atoms with van der Waals surface area (Å²) in [7, 11) is 0. The van der Waals surface area contributed by atoms with Gasteiger partial charge < -0.3 is 16.8 Å². The Morgan fingerprint density at radius 3 is 2.28 bits per heavy atom. The summed E-state index contributed by atoms with van der Waals surface area (Å²) in [5.41, 5.74) is 11.1. The minimum absolute atomic E-state index is 0.0542. The molecule has 0 fully saturated rings. The predicted octanol–water partition coefficient (Wildman–Crippen LogP) is 5.16. The lowest BCUT2D eigenvalue weighted by Gasteiger charge is -2.06. The zero-order chi connectivity index (χ0) is 18.7. The van der Waals surface area contributed by atoms with E-state index in [1.807, 2.05) is 0 Å². The maximum Gasteiger partial charge on any atom is 0.183 e. The van der Waals surface area contributed by atoms with Crippen molar-refractivity contribution in [1.29, 1.82) is 0 Å². The summed E-state index contributed by atoms with van der Waals surface area (Å²) in [6.45, 7) is 0. The van der Waals surface area contributed by atoms with Gasteiger partial charge in [-0.15, -0.1) is 0 Å². The minimum atomic E-state index is -1.01. The maximum absolute atomic E-state index is 13.3. The summed E-state index contributed by atoms with van der Waals surface area (Å²) >= 11 is 11.6. The standard InChI is InChI=1S/C7H5BrF2N2S.C7H4BrFN2S/c8-3-1-2-4(12-7(11)13)6(10)5(3)9;8-3-1-2-4-6(5(3)9)12-7(10)11-4/h1-2H,(H3,11,12,13);1-2H,(H2,10,11). The van der Waals surface area contributed by atoms with Crippen molar-refractivity contribution in [3.05, 3.63) is 50.7 Å². The molecule has 4 nitrogen and oxygen atoms in total. The molecule has 0 aliphatic rings. The number of nitrogens with zero attached hydrogens (tertiary/aromatic N) is 1. The van der Waals surface area contributed by atoms with Gasteiger partial charge in [0.2, 0.25) is 0 Å². The molecule has 0 radical (unpaired) electrons. The molecule has 0 spiro atoms. The molecule has 5 N–H and O–H groups in total. The number of halogens is 5. The molecule has 0 aliphatic heterocycles. The van der Waals surface area contributed by atoms with E-state index in [1.54, 1.807) is 12.1 Å². The molecule has 0 saturated carbocycles. The van der Waals surface area contributed by atoms with Gasteiger partial charge in [0.25, 0.3) is 0 Å². The fourth-order valence-corrected chi connectivity index (χ4v) is 3.36. The predicted molar refractivity (Wildman–Crippen MR) is 106 cm³/mol. The first-order valence-corrected chi connectivity index (χ1v) is 9.21. The Morgan fingerprint density at radius 1 is 1.04 bits per heavy atom. The smallest absolute Gasteiger partial charge is 0.183 e. The first-order valence-electron chi connectivity index (χ1n) is 6.40. The number of hydrogen-bond donors (Lipinski definition) is 3. The molecule has 2 aromatic carbocycles. The van der Waals surface area contributed by atoms with Crippen LogP contribution in [0.2, 0.25) is 0 Å². The molecule has 3 aromatic rings. The number of thiocarbonyl (C=S) groups is 1. The molecule has 0 saturated heterocycles. The highest BCUT2D eigenvalue weighted by atomic mass is 79.9. The molecule has 0 amide bonds. The van der Waals surface area contributed by atoms with Crippen molar-refractivity contribution in [3.8, 4) is 0 Å². The molecular weight excluding hydrogens is 505 g/mol.